The van der Waals surface area contributed by atoms with Crippen LogP contribution in [0, 0.1) is 5.92 Å². The van der Waals surface area contributed by atoms with Crippen LogP contribution in [0.2, 0.25) is 5.02 Å². The summed E-state index contributed by atoms with van der Waals surface area (Å²) < 4.78 is 1.43. The van der Waals surface area contributed by atoms with Crippen molar-refractivity contribution in [2.24, 2.45) is 5.92 Å². The van der Waals surface area contributed by atoms with Crippen molar-refractivity contribution in [2.75, 3.05) is 18.1 Å². The normalized spacial score (nSPS) is 22.5. The highest BCUT2D eigenvalue weighted by molar-refractivity contribution is 7.99. The van der Waals surface area contributed by atoms with E-state index in [4.69, 9.17) is 17.4 Å². The molecule has 6 nitrogen and oxygen atoms in total. The quantitative estimate of drug-likeness (QED) is 0.621. The van der Waals surface area contributed by atoms with Crippen LogP contribution in [0.4, 0.5) is 0 Å². The van der Waals surface area contributed by atoms with Crippen LogP contribution in [-0.2, 0) is 4.79 Å². The van der Waals surface area contributed by atoms with Crippen molar-refractivity contribution in [3.63, 3.8) is 0 Å². The first-order valence-electron chi connectivity index (χ1n) is 9.52. The number of halogens is 1. The van der Waals surface area contributed by atoms with Gasteiger partial charge in [-0.3, -0.25) is 4.79 Å². The fourth-order valence-corrected chi connectivity index (χ4v) is 5.28. The molecule has 8 heteroatoms. The average molecular weight is 406 g/mol. The monoisotopic (exact) mass is 405 g/mol. The number of thioether (sulfide) groups is 1. The van der Waals surface area contributed by atoms with Crippen LogP contribution in [-0.4, -0.2) is 44.0 Å². The number of hydrogen-bond donors (Lipinski definition) is 1. The van der Waals surface area contributed by atoms with Gasteiger partial charge in [0, 0.05) is 23.2 Å². The van der Waals surface area contributed by atoms with Gasteiger partial charge in [-0.05, 0) is 43.7 Å². The number of piperidine rings is 1. The van der Waals surface area contributed by atoms with Gasteiger partial charge in [0.2, 0.25) is 11.1 Å². The van der Waals surface area contributed by atoms with E-state index in [1.807, 2.05) is 12.1 Å². The van der Waals surface area contributed by atoms with Gasteiger partial charge in [-0.2, -0.15) is 0 Å². The number of aromatic nitrogens is 3. The predicted molar refractivity (Wildman–Crippen MR) is 108 cm³/mol. The Morgan fingerprint density at radius 3 is 2.89 bits per heavy atom. The third-order valence-corrected chi connectivity index (χ3v) is 6.80. The topological polar surface area (TPSA) is 77.0 Å². The Morgan fingerprint density at radius 2 is 2.04 bits per heavy atom. The highest BCUT2D eigenvalue weighted by Crippen LogP contribution is 2.35. The molecule has 1 aromatic carbocycles. The molecule has 0 radical (unpaired) electrons. The molecule has 1 aliphatic heterocycles. The minimum atomic E-state index is 0.184. The summed E-state index contributed by atoms with van der Waals surface area (Å²) >= 11 is 7.39. The van der Waals surface area contributed by atoms with E-state index < -0.39 is 0 Å². The summed E-state index contributed by atoms with van der Waals surface area (Å²) in [5.74, 6) is 7.91. The molecule has 1 aromatic heterocycles. The van der Waals surface area contributed by atoms with Crippen LogP contribution < -0.4 is 5.84 Å². The molecule has 1 saturated carbocycles. The van der Waals surface area contributed by atoms with Crippen LogP contribution in [0.1, 0.15) is 38.5 Å². The van der Waals surface area contributed by atoms with Crippen LogP contribution >= 0.6 is 23.4 Å². The largest absolute Gasteiger partial charge is 0.339 e. The Morgan fingerprint density at radius 1 is 1.22 bits per heavy atom. The van der Waals surface area contributed by atoms with E-state index >= 15 is 0 Å². The Hall–Kier alpha value is -1.73. The second kappa shape index (κ2) is 8.10. The molecule has 2 fully saturated rings. The van der Waals surface area contributed by atoms with Crippen LogP contribution in [0.3, 0.4) is 0 Å². The minimum Gasteiger partial charge on any atom is -0.339 e. The number of nitrogen functional groups attached to an aromatic ring is 1. The Bertz CT molecular complexity index is 824. The van der Waals surface area contributed by atoms with Crippen molar-refractivity contribution in [3.8, 4) is 11.4 Å². The van der Waals surface area contributed by atoms with E-state index in [1.165, 1.54) is 42.1 Å². The van der Waals surface area contributed by atoms with Crippen LogP contribution in [0.15, 0.2) is 29.4 Å². The van der Waals surface area contributed by atoms with Crippen molar-refractivity contribution in [1.29, 1.82) is 0 Å². The number of likely N-dealkylation sites (tertiary alicyclic amines) is 1. The molecule has 1 saturated heterocycles. The number of nitrogens with zero attached hydrogens (tertiary/aromatic N) is 4. The summed E-state index contributed by atoms with van der Waals surface area (Å²) in [4.78, 5) is 15.0. The zero-order chi connectivity index (χ0) is 18.8. The lowest BCUT2D eigenvalue weighted by Gasteiger charge is -2.44. The standard InChI is InChI=1S/C19H24ClN5OS/c20-15-8-3-6-14(11-15)18-22-23-19(25(18)21)27-12-17(26)24-10-4-7-13-5-1-2-9-16(13)24/h3,6,8,11,13,16H,1-2,4-5,7,9-10,12,21H2/t13-,16+/m0/s1. The van der Waals surface area contributed by atoms with Gasteiger partial charge in [0.05, 0.1) is 5.75 Å². The molecule has 2 N–H and O–H groups in total. The number of carbonyl (C=O) groups excluding carboxylic acids is 1. The van der Waals surface area contributed by atoms with Gasteiger partial charge in [-0.15, -0.1) is 10.2 Å². The molecule has 1 amide bonds. The van der Waals surface area contributed by atoms with Gasteiger partial charge in [0.1, 0.15) is 0 Å². The fourth-order valence-electron chi connectivity index (χ4n) is 4.34. The van der Waals surface area contributed by atoms with Crippen LogP contribution in [0.5, 0.6) is 0 Å². The SMILES string of the molecule is Nn1c(SCC(=O)N2CCC[C@@H]3CCCC[C@H]32)nnc1-c1cccc(Cl)c1. The van der Waals surface area contributed by atoms with E-state index in [1.54, 1.807) is 12.1 Å². The van der Waals surface area contributed by atoms with Crippen molar-refractivity contribution in [2.45, 2.75) is 49.7 Å². The molecule has 0 spiro atoms. The molecule has 4 rings (SSSR count). The third-order valence-electron chi connectivity index (χ3n) is 5.64. The molecule has 2 atom stereocenters. The van der Waals surface area contributed by atoms with E-state index in [2.05, 4.69) is 15.1 Å². The molecule has 1 aliphatic carbocycles. The van der Waals surface area contributed by atoms with Crippen molar-refractivity contribution in [1.82, 2.24) is 19.8 Å². The van der Waals surface area contributed by atoms with Gasteiger partial charge in [-0.25, -0.2) is 4.68 Å². The van der Waals surface area contributed by atoms with Crippen molar-refractivity contribution in [3.05, 3.63) is 29.3 Å². The average Bonchev–Trinajstić information content (AvgIpc) is 3.06. The summed E-state index contributed by atoms with van der Waals surface area (Å²) in [6, 6.07) is 7.76. The maximum atomic E-state index is 12.8. The molecular weight excluding hydrogens is 382 g/mol. The fraction of sp³-hybridized carbons (Fsp3) is 0.526. The first-order chi connectivity index (χ1) is 13.1. The zero-order valence-corrected chi connectivity index (χ0v) is 16.8. The lowest BCUT2D eigenvalue weighted by Crippen LogP contribution is -2.50. The van der Waals surface area contributed by atoms with Gasteiger partial charge >= 0.3 is 0 Å². The Labute approximate surface area is 168 Å². The second-order valence-corrected chi connectivity index (χ2v) is 8.70. The summed E-state index contributed by atoms with van der Waals surface area (Å²) in [7, 11) is 0. The third kappa shape index (κ3) is 3.94. The molecule has 0 bridgehead atoms. The van der Waals surface area contributed by atoms with Crippen molar-refractivity contribution >= 4 is 29.3 Å². The first-order valence-corrected chi connectivity index (χ1v) is 10.9. The minimum absolute atomic E-state index is 0.184. The highest BCUT2D eigenvalue weighted by atomic mass is 35.5. The second-order valence-electron chi connectivity index (χ2n) is 7.32. The van der Waals surface area contributed by atoms with Crippen molar-refractivity contribution < 1.29 is 4.79 Å². The summed E-state index contributed by atoms with van der Waals surface area (Å²) in [6.07, 6.45) is 7.33. The zero-order valence-electron chi connectivity index (χ0n) is 15.2. The number of amides is 1. The van der Waals surface area contributed by atoms with Gasteiger partial charge < -0.3 is 10.7 Å². The summed E-state index contributed by atoms with van der Waals surface area (Å²) in [5, 5.41) is 9.48. The van der Waals surface area contributed by atoms with E-state index in [0.29, 0.717) is 33.7 Å². The molecule has 2 aliphatic rings. The number of rotatable bonds is 4. The van der Waals surface area contributed by atoms with Gasteiger partial charge in [-0.1, -0.05) is 48.3 Å². The van der Waals surface area contributed by atoms with Gasteiger partial charge in [0.15, 0.2) is 5.82 Å². The van der Waals surface area contributed by atoms with Crippen LogP contribution in [0.25, 0.3) is 11.4 Å². The smallest absolute Gasteiger partial charge is 0.233 e. The van der Waals surface area contributed by atoms with E-state index in [-0.39, 0.29) is 5.91 Å². The number of benzene rings is 1. The highest BCUT2D eigenvalue weighted by Gasteiger charge is 2.35. The number of fused-ring (bicyclic) bond motifs is 1. The predicted octanol–water partition coefficient (Wildman–Crippen LogP) is 3.59. The van der Waals surface area contributed by atoms with Gasteiger partial charge in [0.25, 0.3) is 0 Å². The maximum Gasteiger partial charge on any atom is 0.233 e. The summed E-state index contributed by atoms with van der Waals surface area (Å²) in [5.41, 5.74) is 0.803. The van der Waals surface area contributed by atoms with E-state index in [0.717, 1.165) is 24.9 Å². The number of carbonyl (C=O) groups is 1. The summed E-state index contributed by atoms with van der Waals surface area (Å²) in [6.45, 7) is 0.879. The Kier molecular flexibility index (Phi) is 5.59. The lowest BCUT2D eigenvalue weighted by atomic mass is 9.78. The first kappa shape index (κ1) is 18.6. The lowest BCUT2D eigenvalue weighted by molar-refractivity contribution is -0.134. The molecule has 2 aromatic rings. The molecule has 27 heavy (non-hydrogen) atoms. The number of nitrogens with two attached hydrogens (primary N) is 1. The Balaban J connectivity index is 1.42. The molecule has 144 valence electrons. The molecule has 2 heterocycles. The maximum absolute atomic E-state index is 12.8. The number of hydrogen-bond acceptors (Lipinski definition) is 5. The molecule has 0 unspecified atom stereocenters. The van der Waals surface area contributed by atoms with E-state index in [9.17, 15) is 4.79 Å². The molecular formula is C19H24ClN5OS.